The molecule has 4 aromatic rings. The largest absolute Gasteiger partial charge is 0.508 e. The number of nitrogens with one attached hydrogen (secondary N) is 1. The van der Waals surface area contributed by atoms with Crippen LogP contribution < -0.4 is 5.56 Å². The average molecular weight is 472 g/mol. The number of pyridine rings is 1. The first kappa shape index (κ1) is 21.9. The molecular formula is C27H22ClN3O3. The second-order valence-electron chi connectivity index (χ2n) is 8.17. The number of amides is 1. The number of phenolic OH excluding ortho intramolecular Hbond substituents is 1. The van der Waals surface area contributed by atoms with Crippen LogP contribution in [0.4, 0.5) is 0 Å². The smallest absolute Gasteiger partial charge is 0.258 e. The summed E-state index contributed by atoms with van der Waals surface area (Å²) in [4.78, 5) is 29.2. The number of hydrazone groups is 1. The third-order valence-corrected chi connectivity index (χ3v) is 6.36. The van der Waals surface area contributed by atoms with Gasteiger partial charge in [0.2, 0.25) is 5.91 Å². The van der Waals surface area contributed by atoms with E-state index in [0.717, 1.165) is 16.5 Å². The summed E-state index contributed by atoms with van der Waals surface area (Å²) in [7, 11) is 0. The monoisotopic (exact) mass is 471 g/mol. The van der Waals surface area contributed by atoms with E-state index in [1.165, 1.54) is 5.01 Å². The standard InChI is InChI=1S/C27H22ClN3O3/c1-2-24(33)31-22(19-8-4-6-10-23(19)32)15-21(30-31)26-25(16-11-13-17(28)14-12-16)18-7-3-5-9-20(18)29-27(26)34/h3-14,22,32H,2,15H2,1H3,(H,29,34)/t22-/m0/s1. The lowest BCUT2D eigenvalue weighted by Crippen LogP contribution is -2.26. The molecule has 5 rings (SSSR count). The Morgan fingerprint density at radius 3 is 2.50 bits per heavy atom. The Balaban J connectivity index is 1.74. The molecule has 2 N–H and O–H groups in total. The summed E-state index contributed by atoms with van der Waals surface area (Å²) in [5.74, 6) is -0.100. The molecule has 0 saturated carbocycles. The van der Waals surface area contributed by atoms with E-state index < -0.39 is 6.04 Å². The SMILES string of the molecule is CCC(=O)N1N=C(c2c(-c3ccc(Cl)cc3)c3ccccc3[nH]c2=O)C[C@H]1c1ccccc1O. The van der Waals surface area contributed by atoms with Gasteiger partial charge < -0.3 is 10.1 Å². The summed E-state index contributed by atoms with van der Waals surface area (Å²) >= 11 is 6.13. The van der Waals surface area contributed by atoms with Crippen molar-refractivity contribution < 1.29 is 9.90 Å². The predicted octanol–water partition coefficient (Wildman–Crippen LogP) is 5.64. The zero-order valence-corrected chi connectivity index (χ0v) is 19.2. The molecule has 0 unspecified atom stereocenters. The van der Waals surface area contributed by atoms with Gasteiger partial charge in [-0.2, -0.15) is 5.10 Å². The normalized spacial score (nSPS) is 15.5. The molecule has 0 saturated heterocycles. The van der Waals surface area contributed by atoms with E-state index in [0.29, 0.717) is 33.8 Å². The minimum atomic E-state index is -0.507. The van der Waals surface area contributed by atoms with E-state index >= 15 is 0 Å². The van der Waals surface area contributed by atoms with Crippen LogP contribution in [0.15, 0.2) is 82.7 Å². The number of hydrogen-bond acceptors (Lipinski definition) is 4. The fraction of sp³-hybridized carbons (Fsp3) is 0.148. The average Bonchev–Trinajstić information content (AvgIpc) is 3.28. The first-order chi connectivity index (χ1) is 16.5. The topological polar surface area (TPSA) is 85.8 Å². The van der Waals surface area contributed by atoms with Gasteiger partial charge in [0, 0.05) is 39.9 Å². The Kier molecular flexibility index (Phi) is 5.67. The molecule has 0 bridgehead atoms. The molecular weight excluding hydrogens is 450 g/mol. The number of carbonyl (C=O) groups is 1. The van der Waals surface area contributed by atoms with Crippen LogP contribution in [0.2, 0.25) is 5.02 Å². The van der Waals surface area contributed by atoms with Gasteiger partial charge in [-0.3, -0.25) is 9.59 Å². The number of phenols is 1. The highest BCUT2D eigenvalue weighted by molar-refractivity contribution is 6.30. The highest BCUT2D eigenvalue weighted by Crippen LogP contribution is 2.39. The zero-order valence-electron chi connectivity index (χ0n) is 18.5. The predicted molar refractivity (Wildman–Crippen MR) is 134 cm³/mol. The van der Waals surface area contributed by atoms with Gasteiger partial charge in [-0.15, -0.1) is 0 Å². The van der Waals surface area contributed by atoms with Gasteiger partial charge in [0.05, 0.1) is 17.3 Å². The van der Waals surface area contributed by atoms with E-state index in [-0.39, 0.29) is 23.6 Å². The Labute approximate surface area is 201 Å². The molecule has 1 aliphatic rings. The Morgan fingerprint density at radius 1 is 1.06 bits per heavy atom. The second kappa shape index (κ2) is 8.80. The fourth-order valence-corrected chi connectivity index (χ4v) is 4.63. The number of nitrogens with zero attached hydrogens (tertiary/aromatic N) is 2. The number of carbonyl (C=O) groups excluding carboxylic acids is 1. The van der Waals surface area contributed by atoms with Gasteiger partial charge >= 0.3 is 0 Å². The Bertz CT molecular complexity index is 1490. The van der Waals surface area contributed by atoms with Crippen molar-refractivity contribution in [1.82, 2.24) is 9.99 Å². The van der Waals surface area contributed by atoms with Crippen molar-refractivity contribution in [3.05, 3.63) is 99.3 Å². The van der Waals surface area contributed by atoms with Gasteiger partial charge in [0.15, 0.2) is 0 Å². The van der Waals surface area contributed by atoms with Gasteiger partial charge in [0.25, 0.3) is 5.56 Å². The highest BCUT2D eigenvalue weighted by atomic mass is 35.5. The Hall–Kier alpha value is -3.90. The summed E-state index contributed by atoms with van der Waals surface area (Å²) in [6.45, 7) is 1.76. The molecule has 2 heterocycles. The molecule has 1 amide bonds. The Morgan fingerprint density at radius 2 is 1.76 bits per heavy atom. The third kappa shape index (κ3) is 3.76. The maximum absolute atomic E-state index is 13.4. The van der Waals surface area contributed by atoms with Crippen LogP contribution in [0.3, 0.4) is 0 Å². The van der Waals surface area contributed by atoms with Crippen molar-refractivity contribution in [1.29, 1.82) is 0 Å². The summed E-state index contributed by atoms with van der Waals surface area (Å²) in [5.41, 5.74) is 3.47. The summed E-state index contributed by atoms with van der Waals surface area (Å²) < 4.78 is 0. The number of aromatic amines is 1. The van der Waals surface area contributed by atoms with Crippen LogP contribution in [0.25, 0.3) is 22.0 Å². The van der Waals surface area contributed by atoms with E-state index in [4.69, 9.17) is 11.6 Å². The first-order valence-corrected chi connectivity index (χ1v) is 11.4. The number of fused-ring (bicyclic) bond motifs is 1. The molecule has 34 heavy (non-hydrogen) atoms. The van der Waals surface area contributed by atoms with Gasteiger partial charge in [-0.1, -0.05) is 67.1 Å². The molecule has 1 aliphatic heterocycles. The van der Waals surface area contributed by atoms with Crippen LogP contribution >= 0.6 is 11.6 Å². The zero-order chi connectivity index (χ0) is 23.8. The van der Waals surface area contributed by atoms with Crippen LogP contribution in [0.1, 0.15) is 36.9 Å². The van der Waals surface area contributed by atoms with Crippen molar-refractivity contribution in [2.45, 2.75) is 25.8 Å². The maximum Gasteiger partial charge on any atom is 0.258 e. The molecule has 0 spiro atoms. The van der Waals surface area contributed by atoms with Crippen molar-refractivity contribution in [3.63, 3.8) is 0 Å². The molecule has 6 nitrogen and oxygen atoms in total. The quantitative estimate of drug-likeness (QED) is 0.403. The van der Waals surface area contributed by atoms with E-state index in [1.807, 2.05) is 42.5 Å². The lowest BCUT2D eigenvalue weighted by molar-refractivity contribution is -0.132. The van der Waals surface area contributed by atoms with Crippen LogP contribution in [-0.4, -0.2) is 26.7 Å². The van der Waals surface area contributed by atoms with Crippen LogP contribution in [0, 0.1) is 0 Å². The van der Waals surface area contributed by atoms with E-state index in [9.17, 15) is 14.7 Å². The highest BCUT2D eigenvalue weighted by Gasteiger charge is 2.35. The minimum Gasteiger partial charge on any atom is -0.508 e. The molecule has 3 aromatic carbocycles. The lowest BCUT2D eigenvalue weighted by atomic mass is 9.91. The number of hydrogen-bond donors (Lipinski definition) is 2. The summed E-state index contributed by atoms with van der Waals surface area (Å²) in [6, 6.07) is 21.3. The third-order valence-electron chi connectivity index (χ3n) is 6.11. The number of H-pyrrole nitrogens is 1. The number of rotatable bonds is 4. The summed E-state index contributed by atoms with van der Waals surface area (Å²) in [6.07, 6.45) is 0.546. The number of halogens is 1. The number of benzene rings is 3. The minimum absolute atomic E-state index is 0.0863. The van der Waals surface area contributed by atoms with Gasteiger partial charge in [-0.25, -0.2) is 5.01 Å². The maximum atomic E-state index is 13.4. The fourth-order valence-electron chi connectivity index (χ4n) is 4.50. The van der Waals surface area contributed by atoms with Crippen molar-refractivity contribution in [3.8, 4) is 16.9 Å². The number of para-hydroxylation sites is 2. The second-order valence-corrected chi connectivity index (χ2v) is 8.61. The molecule has 7 heteroatoms. The molecule has 0 aliphatic carbocycles. The van der Waals surface area contributed by atoms with Gasteiger partial charge in [0.1, 0.15) is 5.75 Å². The summed E-state index contributed by atoms with van der Waals surface area (Å²) in [5, 5.41) is 18.0. The van der Waals surface area contributed by atoms with Crippen molar-refractivity contribution in [2.24, 2.45) is 5.10 Å². The van der Waals surface area contributed by atoms with E-state index in [2.05, 4.69) is 10.1 Å². The number of aromatic hydroxyl groups is 1. The molecule has 1 aromatic heterocycles. The number of aromatic nitrogens is 1. The van der Waals surface area contributed by atoms with Crippen molar-refractivity contribution >= 4 is 34.1 Å². The molecule has 0 radical (unpaired) electrons. The van der Waals surface area contributed by atoms with Crippen molar-refractivity contribution in [2.75, 3.05) is 0 Å². The molecule has 1 atom stereocenters. The van der Waals surface area contributed by atoms with Gasteiger partial charge in [-0.05, 0) is 29.8 Å². The van der Waals surface area contributed by atoms with E-state index in [1.54, 1.807) is 37.3 Å². The molecule has 0 fully saturated rings. The van der Waals surface area contributed by atoms with Crippen LogP contribution in [-0.2, 0) is 4.79 Å². The van der Waals surface area contributed by atoms with Crippen LogP contribution in [0.5, 0.6) is 5.75 Å². The molecule has 170 valence electrons. The lowest BCUT2D eigenvalue weighted by Gasteiger charge is -2.22. The first-order valence-electron chi connectivity index (χ1n) is 11.1.